The third-order valence-electron chi connectivity index (χ3n) is 4.33. The van der Waals surface area contributed by atoms with Crippen molar-refractivity contribution in [3.63, 3.8) is 0 Å². The first kappa shape index (κ1) is 21.2. The fraction of sp³-hybridized carbons (Fsp3) is 0.333. The number of nitrogens with zero attached hydrogens (tertiary/aromatic N) is 1. The number of rotatable bonds is 7. The Kier molecular flexibility index (Phi) is 7.80. The molecule has 7 heteroatoms. The van der Waals surface area contributed by atoms with Crippen molar-refractivity contribution in [1.29, 1.82) is 0 Å². The zero-order valence-electron chi connectivity index (χ0n) is 16.7. The lowest BCUT2D eigenvalue weighted by Crippen LogP contribution is -2.42. The van der Waals surface area contributed by atoms with Gasteiger partial charge in [0.15, 0.2) is 5.96 Å². The van der Waals surface area contributed by atoms with Gasteiger partial charge in [-0.25, -0.2) is 4.39 Å². The van der Waals surface area contributed by atoms with E-state index in [1.165, 1.54) is 6.07 Å². The van der Waals surface area contributed by atoms with Crippen LogP contribution in [-0.2, 0) is 0 Å². The Morgan fingerprint density at radius 1 is 1.14 bits per heavy atom. The molecule has 0 aromatic heterocycles. The molecule has 1 amide bonds. The van der Waals surface area contributed by atoms with E-state index in [2.05, 4.69) is 20.9 Å². The molecule has 0 spiro atoms. The summed E-state index contributed by atoms with van der Waals surface area (Å²) in [6.07, 6.45) is 0. The summed E-state index contributed by atoms with van der Waals surface area (Å²) in [5, 5.41) is 9.18. The van der Waals surface area contributed by atoms with Crippen LogP contribution in [-0.4, -0.2) is 39.1 Å². The van der Waals surface area contributed by atoms with Crippen LogP contribution in [0.5, 0.6) is 5.75 Å². The monoisotopic (exact) mass is 386 g/mol. The van der Waals surface area contributed by atoms with Crippen molar-refractivity contribution in [2.75, 3.05) is 27.2 Å². The highest BCUT2D eigenvalue weighted by atomic mass is 19.1. The number of hydrogen-bond acceptors (Lipinski definition) is 3. The van der Waals surface area contributed by atoms with Crippen molar-refractivity contribution >= 4 is 11.9 Å². The predicted molar refractivity (Wildman–Crippen MR) is 109 cm³/mol. The summed E-state index contributed by atoms with van der Waals surface area (Å²) in [5.41, 5.74) is 2.02. The van der Waals surface area contributed by atoms with E-state index in [0.717, 1.165) is 5.56 Å². The molecule has 150 valence electrons. The average Bonchev–Trinajstić information content (AvgIpc) is 2.71. The highest BCUT2D eigenvalue weighted by Crippen LogP contribution is 2.16. The smallest absolute Gasteiger partial charge is 0.251 e. The number of carbonyl (C=O) groups excluding carboxylic acids is 1. The first-order chi connectivity index (χ1) is 13.4. The van der Waals surface area contributed by atoms with Crippen molar-refractivity contribution in [2.45, 2.75) is 19.9 Å². The number of aryl methyl sites for hydroxylation is 1. The Morgan fingerprint density at radius 2 is 1.82 bits per heavy atom. The largest absolute Gasteiger partial charge is 0.497 e. The molecule has 6 nitrogen and oxygen atoms in total. The fourth-order valence-electron chi connectivity index (χ4n) is 2.56. The first-order valence-corrected chi connectivity index (χ1v) is 9.10. The van der Waals surface area contributed by atoms with Gasteiger partial charge in [0, 0.05) is 25.7 Å². The number of ether oxygens (including phenoxy) is 1. The molecule has 2 rings (SSSR count). The maximum atomic E-state index is 13.7. The van der Waals surface area contributed by atoms with Crippen LogP contribution in [0.3, 0.4) is 0 Å². The molecule has 0 bridgehead atoms. The van der Waals surface area contributed by atoms with Gasteiger partial charge in [-0.3, -0.25) is 9.79 Å². The summed E-state index contributed by atoms with van der Waals surface area (Å²) in [6, 6.07) is 12.0. The average molecular weight is 386 g/mol. The number of benzene rings is 2. The summed E-state index contributed by atoms with van der Waals surface area (Å²) < 4.78 is 18.8. The topological polar surface area (TPSA) is 74.8 Å². The number of amides is 1. The van der Waals surface area contributed by atoms with Crippen LogP contribution in [0.1, 0.15) is 34.5 Å². The van der Waals surface area contributed by atoms with Crippen LogP contribution >= 0.6 is 0 Å². The molecule has 0 aliphatic carbocycles. The second kappa shape index (κ2) is 10.3. The van der Waals surface area contributed by atoms with Gasteiger partial charge < -0.3 is 20.7 Å². The molecular weight excluding hydrogens is 359 g/mol. The van der Waals surface area contributed by atoms with Gasteiger partial charge in [0.05, 0.1) is 13.2 Å². The summed E-state index contributed by atoms with van der Waals surface area (Å²) >= 11 is 0. The van der Waals surface area contributed by atoms with Crippen LogP contribution < -0.4 is 20.7 Å². The number of nitrogens with one attached hydrogen (secondary N) is 3. The van der Waals surface area contributed by atoms with Gasteiger partial charge in [-0.15, -0.1) is 0 Å². The minimum absolute atomic E-state index is 0.116. The molecule has 0 saturated carbocycles. The normalized spacial score (nSPS) is 12.2. The number of halogens is 1. The molecule has 3 N–H and O–H groups in total. The lowest BCUT2D eigenvalue weighted by atomic mass is 10.1. The maximum Gasteiger partial charge on any atom is 0.251 e. The zero-order chi connectivity index (χ0) is 20.5. The Labute approximate surface area is 165 Å². The molecule has 1 atom stereocenters. The molecule has 0 radical (unpaired) electrons. The zero-order valence-corrected chi connectivity index (χ0v) is 16.7. The van der Waals surface area contributed by atoms with Gasteiger partial charge in [-0.05, 0) is 55.3 Å². The third-order valence-corrected chi connectivity index (χ3v) is 4.33. The van der Waals surface area contributed by atoms with Crippen LogP contribution in [0.25, 0.3) is 0 Å². The summed E-state index contributed by atoms with van der Waals surface area (Å²) in [4.78, 5) is 16.3. The standard InChI is InChI=1S/C21H27FN4O2/c1-14-5-6-17(13-19(14)22)15(2)26-21(23-3)25-12-11-24-20(27)16-7-9-18(28-4)10-8-16/h5-10,13,15H,11-12H2,1-4H3,(H,24,27)(H2,23,25,26). The predicted octanol–water partition coefficient (Wildman–Crippen LogP) is 2.80. The number of aliphatic imine (C=N–C) groups is 1. The minimum atomic E-state index is -0.227. The van der Waals surface area contributed by atoms with Crippen molar-refractivity contribution < 1.29 is 13.9 Å². The van der Waals surface area contributed by atoms with Crippen LogP contribution in [0, 0.1) is 12.7 Å². The summed E-state index contributed by atoms with van der Waals surface area (Å²) in [5.74, 6) is 0.897. The molecule has 1 unspecified atom stereocenters. The van der Waals surface area contributed by atoms with Gasteiger partial charge in [0.1, 0.15) is 11.6 Å². The highest BCUT2D eigenvalue weighted by Gasteiger charge is 2.10. The molecule has 2 aromatic carbocycles. The van der Waals surface area contributed by atoms with Crippen molar-refractivity contribution in [1.82, 2.24) is 16.0 Å². The molecule has 28 heavy (non-hydrogen) atoms. The quantitative estimate of drug-likeness (QED) is 0.389. The van der Waals surface area contributed by atoms with Gasteiger partial charge >= 0.3 is 0 Å². The summed E-state index contributed by atoms with van der Waals surface area (Å²) in [7, 11) is 3.24. The lowest BCUT2D eigenvalue weighted by Gasteiger charge is -2.19. The van der Waals surface area contributed by atoms with Gasteiger partial charge in [0.2, 0.25) is 0 Å². The molecule has 0 heterocycles. The Balaban J connectivity index is 1.78. The molecular formula is C21H27FN4O2. The van der Waals surface area contributed by atoms with Crippen molar-refractivity contribution in [2.24, 2.45) is 4.99 Å². The van der Waals surface area contributed by atoms with Gasteiger partial charge in [-0.1, -0.05) is 12.1 Å². The molecule has 0 fully saturated rings. The van der Waals surface area contributed by atoms with E-state index in [4.69, 9.17) is 4.74 Å². The lowest BCUT2D eigenvalue weighted by molar-refractivity contribution is 0.0954. The van der Waals surface area contributed by atoms with E-state index < -0.39 is 0 Å². The number of methoxy groups -OCH3 is 1. The Morgan fingerprint density at radius 3 is 2.43 bits per heavy atom. The van der Waals surface area contributed by atoms with Crippen LogP contribution in [0.2, 0.25) is 0 Å². The molecule has 0 aliphatic rings. The van der Waals surface area contributed by atoms with E-state index in [1.54, 1.807) is 51.4 Å². The maximum absolute atomic E-state index is 13.7. The van der Waals surface area contributed by atoms with E-state index in [9.17, 15) is 9.18 Å². The number of carbonyl (C=O) groups is 1. The van der Waals surface area contributed by atoms with Crippen molar-refractivity contribution in [3.8, 4) is 5.75 Å². The fourth-order valence-corrected chi connectivity index (χ4v) is 2.56. The highest BCUT2D eigenvalue weighted by molar-refractivity contribution is 5.94. The summed E-state index contributed by atoms with van der Waals surface area (Å²) in [6.45, 7) is 4.59. The van der Waals surface area contributed by atoms with Crippen molar-refractivity contribution in [3.05, 3.63) is 65.0 Å². The molecule has 0 saturated heterocycles. The van der Waals surface area contributed by atoms with E-state index >= 15 is 0 Å². The Bertz CT molecular complexity index is 822. The van der Waals surface area contributed by atoms with Gasteiger partial charge in [0.25, 0.3) is 5.91 Å². The SMILES string of the molecule is CN=C(NCCNC(=O)c1ccc(OC)cc1)NC(C)c1ccc(C)c(F)c1. The molecule has 0 aliphatic heterocycles. The van der Waals surface area contributed by atoms with Gasteiger partial charge in [-0.2, -0.15) is 0 Å². The van der Waals surface area contributed by atoms with E-state index in [1.807, 2.05) is 13.0 Å². The van der Waals surface area contributed by atoms with E-state index in [0.29, 0.717) is 35.9 Å². The first-order valence-electron chi connectivity index (χ1n) is 9.10. The van der Waals surface area contributed by atoms with Crippen LogP contribution in [0.15, 0.2) is 47.5 Å². The van der Waals surface area contributed by atoms with E-state index in [-0.39, 0.29) is 17.8 Å². The molecule has 2 aromatic rings. The van der Waals surface area contributed by atoms with Crippen LogP contribution in [0.4, 0.5) is 4.39 Å². The minimum Gasteiger partial charge on any atom is -0.497 e. The number of guanidine groups is 1. The number of hydrogen-bond donors (Lipinski definition) is 3. The second-order valence-corrected chi connectivity index (χ2v) is 6.36. The Hall–Kier alpha value is -3.09. The third kappa shape index (κ3) is 5.97. The second-order valence-electron chi connectivity index (χ2n) is 6.36.